The molecule has 1 saturated carbocycles. The highest BCUT2D eigenvalue weighted by atomic mass is 79.9. The van der Waals surface area contributed by atoms with E-state index in [0.29, 0.717) is 6.10 Å². The van der Waals surface area contributed by atoms with E-state index in [1.54, 1.807) is 0 Å². The van der Waals surface area contributed by atoms with Crippen LogP contribution in [-0.4, -0.2) is 32.3 Å². The summed E-state index contributed by atoms with van der Waals surface area (Å²) in [4.78, 5) is 2.45. The zero-order chi connectivity index (χ0) is 13.2. The van der Waals surface area contributed by atoms with Crippen LogP contribution < -0.4 is 10.2 Å². The van der Waals surface area contributed by atoms with Crippen molar-refractivity contribution in [1.82, 2.24) is 5.32 Å². The Kier molecular flexibility index (Phi) is 4.10. The van der Waals surface area contributed by atoms with Crippen molar-refractivity contribution in [3.63, 3.8) is 0 Å². The molecule has 1 saturated heterocycles. The van der Waals surface area contributed by atoms with Gasteiger partial charge in [-0.2, -0.15) is 0 Å². The van der Waals surface area contributed by atoms with Crippen LogP contribution in [0, 0.1) is 0 Å². The number of rotatable bonds is 5. The number of hydrogen-bond donors (Lipinski definition) is 1. The van der Waals surface area contributed by atoms with Crippen LogP contribution in [0.2, 0.25) is 0 Å². The second-order valence-electron chi connectivity index (χ2n) is 5.52. The lowest BCUT2D eigenvalue weighted by atomic mass is 10.1. The lowest BCUT2D eigenvalue weighted by molar-refractivity contribution is 0.121. The maximum Gasteiger partial charge on any atom is 0.0762 e. The lowest BCUT2D eigenvalue weighted by Gasteiger charge is -2.22. The summed E-state index contributed by atoms with van der Waals surface area (Å²) in [7, 11) is 1.81. The van der Waals surface area contributed by atoms with Crippen molar-refractivity contribution < 1.29 is 4.74 Å². The molecule has 1 heterocycles. The maximum absolute atomic E-state index is 5.47. The van der Waals surface area contributed by atoms with Crippen LogP contribution in [0.25, 0.3) is 0 Å². The molecule has 1 aromatic rings. The standard InChI is InChI=1S/C15H21BrN2O/c1-19-14-6-7-18(10-14)15-8-12(16)3-2-11(15)9-17-13-4-5-13/h2-3,8,13-14,17H,4-7,9-10H2,1H3. The zero-order valence-electron chi connectivity index (χ0n) is 11.4. The lowest BCUT2D eigenvalue weighted by Crippen LogP contribution is -2.25. The highest BCUT2D eigenvalue weighted by Crippen LogP contribution is 2.29. The molecule has 1 unspecified atom stereocenters. The van der Waals surface area contributed by atoms with Gasteiger partial charge in [-0.15, -0.1) is 0 Å². The largest absolute Gasteiger partial charge is 0.380 e. The molecule has 4 heteroatoms. The fraction of sp³-hybridized carbons (Fsp3) is 0.600. The van der Waals surface area contributed by atoms with Crippen molar-refractivity contribution >= 4 is 21.6 Å². The second-order valence-corrected chi connectivity index (χ2v) is 6.44. The number of benzene rings is 1. The van der Waals surface area contributed by atoms with Gasteiger partial charge in [0.25, 0.3) is 0 Å². The van der Waals surface area contributed by atoms with Gasteiger partial charge < -0.3 is 15.0 Å². The molecule has 0 spiro atoms. The molecule has 2 fully saturated rings. The zero-order valence-corrected chi connectivity index (χ0v) is 12.9. The predicted molar refractivity (Wildman–Crippen MR) is 81.6 cm³/mol. The Morgan fingerprint density at radius 1 is 1.37 bits per heavy atom. The van der Waals surface area contributed by atoms with Gasteiger partial charge in [0.05, 0.1) is 6.10 Å². The summed E-state index contributed by atoms with van der Waals surface area (Å²) >= 11 is 3.59. The van der Waals surface area contributed by atoms with Crippen LogP contribution in [-0.2, 0) is 11.3 Å². The van der Waals surface area contributed by atoms with Crippen molar-refractivity contribution in [3.8, 4) is 0 Å². The third-order valence-electron chi connectivity index (χ3n) is 4.02. The second kappa shape index (κ2) is 5.81. The monoisotopic (exact) mass is 324 g/mol. The fourth-order valence-electron chi connectivity index (χ4n) is 2.66. The van der Waals surface area contributed by atoms with Crippen LogP contribution in [0.1, 0.15) is 24.8 Å². The highest BCUT2D eigenvalue weighted by molar-refractivity contribution is 9.10. The molecule has 3 nitrogen and oxygen atoms in total. The number of anilines is 1. The van der Waals surface area contributed by atoms with Crippen LogP contribution in [0.4, 0.5) is 5.69 Å². The van der Waals surface area contributed by atoms with E-state index in [9.17, 15) is 0 Å². The van der Waals surface area contributed by atoms with E-state index in [-0.39, 0.29) is 0 Å². The third-order valence-corrected chi connectivity index (χ3v) is 4.52. The van der Waals surface area contributed by atoms with Gasteiger partial charge in [-0.3, -0.25) is 0 Å². The summed E-state index contributed by atoms with van der Waals surface area (Å²) in [5, 5.41) is 3.61. The van der Waals surface area contributed by atoms with Crippen LogP contribution >= 0.6 is 15.9 Å². The number of hydrogen-bond acceptors (Lipinski definition) is 3. The molecule has 1 N–H and O–H groups in total. The number of nitrogens with one attached hydrogen (secondary N) is 1. The molecule has 1 aromatic carbocycles. The summed E-state index contributed by atoms with van der Waals surface area (Å²) in [6.45, 7) is 3.07. The average molecular weight is 325 g/mol. The minimum absolute atomic E-state index is 0.378. The Morgan fingerprint density at radius 3 is 2.89 bits per heavy atom. The summed E-state index contributed by atoms with van der Waals surface area (Å²) < 4.78 is 6.62. The van der Waals surface area contributed by atoms with Gasteiger partial charge in [-0.05, 0) is 37.0 Å². The first-order chi connectivity index (χ1) is 9.26. The molecular formula is C15H21BrN2O. The molecule has 0 aromatic heterocycles. The number of methoxy groups -OCH3 is 1. The molecule has 0 radical (unpaired) electrons. The van der Waals surface area contributed by atoms with Crippen LogP contribution in [0.15, 0.2) is 22.7 Å². The van der Waals surface area contributed by atoms with Crippen molar-refractivity contribution in [1.29, 1.82) is 0 Å². The number of ether oxygens (including phenoxy) is 1. The Morgan fingerprint density at radius 2 is 2.21 bits per heavy atom. The van der Waals surface area contributed by atoms with Crippen LogP contribution in [0.3, 0.4) is 0 Å². The van der Waals surface area contributed by atoms with E-state index in [0.717, 1.165) is 36.6 Å². The van der Waals surface area contributed by atoms with E-state index in [2.05, 4.69) is 44.3 Å². The highest BCUT2D eigenvalue weighted by Gasteiger charge is 2.25. The fourth-order valence-corrected chi connectivity index (χ4v) is 3.01. The quantitative estimate of drug-likeness (QED) is 0.901. The minimum Gasteiger partial charge on any atom is -0.380 e. The first kappa shape index (κ1) is 13.4. The summed E-state index contributed by atoms with van der Waals surface area (Å²) in [5.74, 6) is 0. The first-order valence-corrected chi connectivity index (χ1v) is 7.85. The Hall–Kier alpha value is -0.580. The summed E-state index contributed by atoms with van der Waals surface area (Å²) in [6, 6.07) is 7.36. The molecule has 19 heavy (non-hydrogen) atoms. The predicted octanol–water partition coefficient (Wildman–Crippen LogP) is 2.93. The normalized spacial score (nSPS) is 23.1. The van der Waals surface area contributed by atoms with Gasteiger partial charge in [0.2, 0.25) is 0 Å². The van der Waals surface area contributed by atoms with Crippen molar-refractivity contribution in [2.45, 2.75) is 38.0 Å². The summed E-state index contributed by atoms with van der Waals surface area (Å²) in [6.07, 6.45) is 4.17. The number of halogens is 1. The van der Waals surface area contributed by atoms with Gasteiger partial charge in [0, 0.05) is 42.9 Å². The molecule has 1 aliphatic carbocycles. The Balaban J connectivity index is 1.75. The molecule has 3 rings (SSSR count). The molecule has 0 amide bonds. The molecular weight excluding hydrogens is 304 g/mol. The molecule has 1 aliphatic heterocycles. The van der Waals surface area contributed by atoms with E-state index >= 15 is 0 Å². The van der Waals surface area contributed by atoms with E-state index in [1.165, 1.54) is 24.1 Å². The minimum atomic E-state index is 0.378. The van der Waals surface area contributed by atoms with Gasteiger partial charge in [0.1, 0.15) is 0 Å². The molecule has 2 aliphatic rings. The average Bonchev–Trinajstić information content (AvgIpc) is 3.13. The molecule has 104 valence electrons. The third kappa shape index (κ3) is 3.30. The van der Waals surface area contributed by atoms with Gasteiger partial charge in [-0.25, -0.2) is 0 Å². The van der Waals surface area contributed by atoms with Crippen molar-refractivity contribution in [2.24, 2.45) is 0 Å². The molecule has 0 bridgehead atoms. The molecule has 1 atom stereocenters. The maximum atomic E-state index is 5.47. The first-order valence-electron chi connectivity index (χ1n) is 7.06. The number of nitrogens with zero attached hydrogens (tertiary/aromatic N) is 1. The van der Waals surface area contributed by atoms with E-state index < -0.39 is 0 Å². The Labute approximate surface area is 123 Å². The van der Waals surface area contributed by atoms with E-state index in [4.69, 9.17) is 4.74 Å². The van der Waals surface area contributed by atoms with Crippen molar-refractivity contribution in [3.05, 3.63) is 28.2 Å². The SMILES string of the molecule is COC1CCN(c2cc(Br)ccc2CNC2CC2)C1. The topological polar surface area (TPSA) is 24.5 Å². The van der Waals surface area contributed by atoms with Crippen LogP contribution in [0.5, 0.6) is 0 Å². The van der Waals surface area contributed by atoms with E-state index in [1.807, 2.05) is 7.11 Å². The van der Waals surface area contributed by atoms with Gasteiger partial charge in [0.15, 0.2) is 0 Å². The smallest absolute Gasteiger partial charge is 0.0762 e. The summed E-state index contributed by atoms with van der Waals surface area (Å²) in [5.41, 5.74) is 2.74. The van der Waals surface area contributed by atoms with Crippen molar-refractivity contribution in [2.75, 3.05) is 25.1 Å². The van der Waals surface area contributed by atoms with Gasteiger partial charge >= 0.3 is 0 Å². The Bertz CT molecular complexity index is 448. The van der Waals surface area contributed by atoms with Gasteiger partial charge in [-0.1, -0.05) is 22.0 Å².